The van der Waals surface area contributed by atoms with Gasteiger partial charge in [0.05, 0.1) is 16.3 Å². The number of esters is 1. The highest BCUT2D eigenvalue weighted by molar-refractivity contribution is 6.35. The van der Waals surface area contributed by atoms with Crippen LogP contribution in [0.25, 0.3) is 0 Å². The fourth-order valence-electron chi connectivity index (χ4n) is 2.00. The molecule has 1 aliphatic rings. The van der Waals surface area contributed by atoms with Gasteiger partial charge in [-0.05, 0) is 24.3 Å². The third-order valence-electron chi connectivity index (χ3n) is 2.90. The van der Waals surface area contributed by atoms with Gasteiger partial charge in [-0.15, -0.1) is 0 Å². The maximum absolute atomic E-state index is 11.7. The average Bonchev–Trinajstić information content (AvgIpc) is 2.72. The SMILES string of the molecule is O=C1O[C@H](Nc2cc(Cl)ccc2Cl)c2ccccc21. The molecule has 19 heavy (non-hydrogen) atoms. The number of hydrogen-bond donors (Lipinski definition) is 1. The van der Waals surface area contributed by atoms with Crippen LogP contribution in [0.2, 0.25) is 10.0 Å². The maximum Gasteiger partial charge on any atom is 0.340 e. The van der Waals surface area contributed by atoms with Crippen molar-refractivity contribution in [2.24, 2.45) is 0 Å². The van der Waals surface area contributed by atoms with Crippen LogP contribution in [0.1, 0.15) is 22.1 Å². The van der Waals surface area contributed by atoms with Crippen molar-refractivity contribution >= 4 is 34.9 Å². The minimum Gasteiger partial charge on any atom is -0.434 e. The molecule has 1 heterocycles. The van der Waals surface area contributed by atoms with E-state index in [9.17, 15) is 4.79 Å². The van der Waals surface area contributed by atoms with Crippen LogP contribution in [-0.4, -0.2) is 5.97 Å². The topological polar surface area (TPSA) is 38.3 Å². The van der Waals surface area contributed by atoms with E-state index in [0.29, 0.717) is 21.3 Å². The number of anilines is 1. The Morgan fingerprint density at radius 1 is 1.11 bits per heavy atom. The normalized spacial score (nSPS) is 16.9. The van der Waals surface area contributed by atoms with Gasteiger partial charge in [-0.25, -0.2) is 4.79 Å². The lowest BCUT2D eigenvalue weighted by atomic mass is 10.1. The number of nitrogens with one attached hydrogen (secondary N) is 1. The van der Waals surface area contributed by atoms with Gasteiger partial charge in [0.1, 0.15) is 0 Å². The summed E-state index contributed by atoms with van der Waals surface area (Å²) in [7, 11) is 0. The number of fused-ring (bicyclic) bond motifs is 1. The Balaban J connectivity index is 1.93. The second kappa shape index (κ2) is 4.76. The first-order valence-electron chi connectivity index (χ1n) is 5.66. The van der Waals surface area contributed by atoms with Crippen molar-refractivity contribution in [3.63, 3.8) is 0 Å². The molecule has 2 aromatic rings. The lowest BCUT2D eigenvalue weighted by Gasteiger charge is -2.15. The molecule has 0 radical (unpaired) electrons. The number of carbonyl (C=O) groups excluding carboxylic acids is 1. The van der Waals surface area contributed by atoms with Crippen LogP contribution >= 0.6 is 23.2 Å². The molecule has 0 saturated heterocycles. The van der Waals surface area contributed by atoms with E-state index >= 15 is 0 Å². The summed E-state index contributed by atoms with van der Waals surface area (Å²) in [4.78, 5) is 11.7. The van der Waals surface area contributed by atoms with Crippen molar-refractivity contribution < 1.29 is 9.53 Å². The zero-order valence-electron chi connectivity index (χ0n) is 9.69. The van der Waals surface area contributed by atoms with Crippen molar-refractivity contribution in [2.75, 3.05) is 5.32 Å². The maximum atomic E-state index is 11.7. The third kappa shape index (κ3) is 2.27. The molecule has 5 heteroatoms. The summed E-state index contributed by atoms with van der Waals surface area (Å²) in [6.45, 7) is 0. The molecule has 0 amide bonds. The largest absolute Gasteiger partial charge is 0.434 e. The van der Waals surface area contributed by atoms with Crippen molar-refractivity contribution in [2.45, 2.75) is 6.23 Å². The van der Waals surface area contributed by atoms with E-state index in [1.165, 1.54) is 0 Å². The molecule has 0 bridgehead atoms. The molecule has 2 aromatic carbocycles. The molecule has 3 nitrogen and oxygen atoms in total. The van der Waals surface area contributed by atoms with Crippen LogP contribution in [0.5, 0.6) is 0 Å². The lowest BCUT2D eigenvalue weighted by molar-refractivity contribution is 0.0437. The molecule has 0 aliphatic carbocycles. The van der Waals surface area contributed by atoms with Crippen LogP contribution in [-0.2, 0) is 4.74 Å². The fraction of sp³-hybridized carbons (Fsp3) is 0.0714. The van der Waals surface area contributed by atoms with E-state index in [0.717, 1.165) is 5.56 Å². The monoisotopic (exact) mass is 293 g/mol. The molecule has 0 spiro atoms. The molecule has 0 aromatic heterocycles. The van der Waals surface area contributed by atoms with Gasteiger partial charge in [0.25, 0.3) is 0 Å². The van der Waals surface area contributed by atoms with E-state index < -0.39 is 6.23 Å². The molecular formula is C14H9Cl2NO2. The zero-order chi connectivity index (χ0) is 13.4. The standard InChI is InChI=1S/C14H9Cl2NO2/c15-8-5-6-11(16)12(7-8)17-13-9-3-1-2-4-10(9)14(18)19-13/h1-7,13,17H/t13-/m0/s1. The number of rotatable bonds is 2. The summed E-state index contributed by atoms with van der Waals surface area (Å²) in [5.41, 5.74) is 1.99. The van der Waals surface area contributed by atoms with E-state index in [-0.39, 0.29) is 5.97 Å². The van der Waals surface area contributed by atoms with Crippen LogP contribution < -0.4 is 5.32 Å². The van der Waals surface area contributed by atoms with Crippen LogP contribution in [0.15, 0.2) is 42.5 Å². The van der Waals surface area contributed by atoms with Crippen molar-refractivity contribution in [3.05, 3.63) is 63.6 Å². The van der Waals surface area contributed by atoms with E-state index in [1.807, 2.05) is 12.1 Å². The highest BCUT2D eigenvalue weighted by Crippen LogP contribution is 2.34. The second-order valence-electron chi connectivity index (χ2n) is 4.14. The minimum atomic E-state index is -0.542. The summed E-state index contributed by atoms with van der Waals surface area (Å²) in [5, 5.41) is 4.16. The Bertz CT molecular complexity index is 658. The number of ether oxygens (including phenoxy) is 1. The summed E-state index contributed by atoms with van der Waals surface area (Å²) in [6, 6.07) is 12.3. The van der Waals surface area contributed by atoms with E-state index in [2.05, 4.69) is 5.32 Å². The van der Waals surface area contributed by atoms with Crippen molar-refractivity contribution in [1.82, 2.24) is 0 Å². The Kier molecular flexibility index (Phi) is 3.09. The smallest absolute Gasteiger partial charge is 0.340 e. The van der Waals surface area contributed by atoms with Gasteiger partial charge in [-0.2, -0.15) is 0 Å². The fourth-order valence-corrected chi connectivity index (χ4v) is 2.35. The van der Waals surface area contributed by atoms with Crippen molar-refractivity contribution in [3.8, 4) is 0 Å². The van der Waals surface area contributed by atoms with Gasteiger partial charge in [-0.1, -0.05) is 41.4 Å². The van der Waals surface area contributed by atoms with E-state index in [4.69, 9.17) is 27.9 Å². The van der Waals surface area contributed by atoms with Gasteiger partial charge in [0, 0.05) is 10.6 Å². The minimum absolute atomic E-state index is 0.341. The first-order valence-corrected chi connectivity index (χ1v) is 6.42. The lowest BCUT2D eigenvalue weighted by Crippen LogP contribution is -2.10. The Morgan fingerprint density at radius 2 is 1.89 bits per heavy atom. The van der Waals surface area contributed by atoms with Crippen LogP contribution in [0.4, 0.5) is 5.69 Å². The summed E-state index contributed by atoms with van der Waals surface area (Å²) >= 11 is 12.0. The summed E-state index contributed by atoms with van der Waals surface area (Å²) < 4.78 is 5.28. The number of hydrogen-bond acceptors (Lipinski definition) is 3. The third-order valence-corrected chi connectivity index (χ3v) is 3.47. The summed E-state index contributed by atoms with van der Waals surface area (Å²) in [6.07, 6.45) is -0.542. The van der Waals surface area contributed by atoms with Gasteiger partial charge >= 0.3 is 5.97 Å². The number of benzene rings is 2. The number of cyclic esters (lactones) is 1. The predicted octanol–water partition coefficient (Wildman–Crippen LogP) is 4.27. The predicted molar refractivity (Wildman–Crippen MR) is 74.7 cm³/mol. The molecule has 96 valence electrons. The molecule has 0 fully saturated rings. The average molecular weight is 294 g/mol. The number of halogens is 2. The zero-order valence-corrected chi connectivity index (χ0v) is 11.2. The molecule has 1 N–H and O–H groups in total. The summed E-state index contributed by atoms with van der Waals surface area (Å²) in [5.74, 6) is -0.341. The molecule has 1 aliphatic heterocycles. The Hall–Kier alpha value is -1.71. The van der Waals surface area contributed by atoms with Gasteiger partial charge in [0.15, 0.2) is 0 Å². The molecule has 3 rings (SSSR count). The van der Waals surface area contributed by atoms with Crippen LogP contribution in [0.3, 0.4) is 0 Å². The molecule has 0 unspecified atom stereocenters. The van der Waals surface area contributed by atoms with Crippen molar-refractivity contribution in [1.29, 1.82) is 0 Å². The quantitative estimate of drug-likeness (QED) is 0.840. The van der Waals surface area contributed by atoms with Gasteiger partial charge < -0.3 is 10.1 Å². The first-order chi connectivity index (χ1) is 9.15. The van der Waals surface area contributed by atoms with Gasteiger partial charge in [0.2, 0.25) is 6.23 Å². The first kappa shape index (κ1) is 12.3. The Morgan fingerprint density at radius 3 is 2.74 bits per heavy atom. The highest BCUT2D eigenvalue weighted by Gasteiger charge is 2.30. The number of carbonyl (C=O) groups is 1. The van der Waals surface area contributed by atoms with Gasteiger partial charge in [-0.3, -0.25) is 0 Å². The Labute approximate surface area is 120 Å². The highest BCUT2D eigenvalue weighted by atomic mass is 35.5. The molecule has 1 atom stereocenters. The molecule has 0 saturated carbocycles. The van der Waals surface area contributed by atoms with E-state index in [1.54, 1.807) is 30.3 Å². The van der Waals surface area contributed by atoms with Crippen LogP contribution in [0, 0.1) is 0 Å². The molecular weight excluding hydrogens is 285 g/mol. The second-order valence-corrected chi connectivity index (χ2v) is 4.98.